The third-order valence-corrected chi connectivity index (χ3v) is 6.04. The van der Waals surface area contributed by atoms with E-state index in [1.807, 2.05) is 19.2 Å². The lowest BCUT2D eigenvalue weighted by molar-refractivity contribution is 0.263. The normalized spacial score (nSPS) is 18.0. The van der Waals surface area contributed by atoms with Crippen molar-refractivity contribution in [1.29, 1.82) is 0 Å². The first-order valence-electron chi connectivity index (χ1n) is 7.63. The van der Waals surface area contributed by atoms with Crippen LogP contribution >= 0.6 is 0 Å². The zero-order valence-electron chi connectivity index (χ0n) is 12.7. The van der Waals surface area contributed by atoms with Crippen molar-refractivity contribution < 1.29 is 8.42 Å². The summed E-state index contributed by atoms with van der Waals surface area (Å²) in [5.41, 5.74) is 1.03. The Labute approximate surface area is 127 Å². The molecule has 1 N–H and O–H groups in total. The molecular formula is C15H25N3O2S. The number of hydrogen-bond acceptors (Lipinski definition) is 4. The number of nitrogens with zero attached hydrogens (tertiary/aromatic N) is 2. The van der Waals surface area contributed by atoms with Gasteiger partial charge in [0.2, 0.25) is 10.0 Å². The van der Waals surface area contributed by atoms with Crippen molar-refractivity contribution in [2.24, 2.45) is 5.92 Å². The van der Waals surface area contributed by atoms with E-state index in [0.717, 1.165) is 31.4 Å². The van der Waals surface area contributed by atoms with Gasteiger partial charge < -0.3 is 5.32 Å². The summed E-state index contributed by atoms with van der Waals surface area (Å²) in [6.07, 6.45) is 7.07. The zero-order chi connectivity index (χ0) is 15.1. The number of piperidine rings is 1. The fraction of sp³-hybridized carbons (Fsp3) is 0.667. The maximum Gasteiger partial charge on any atom is 0.214 e. The topological polar surface area (TPSA) is 62.3 Å². The van der Waals surface area contributed by atoms with Gasteiger partial charge >= 0.3 is 0 Å². The average molecular weight is 311 g/mol. The van der Waals surface area contributed by atoms with Gasteiger partial charge in [-0.05, 0) is 62.9 Å². The highest BCUT2D eigenvalue weighted by atomic mass is 32.2. The molecule has 2 heterocycles. The lowest BCUT2D eigenvalue weighted by Gasteiger charge is -2.31. The number of aryl methyl sites for hydroxylation is 1. The largest absolute Gasteiger partial charge is 0.320 e. The standard InChI is InChI=1S/C15H25N3O2S/c1-16-8-2-15-5-11-18(12-6-15)21(19,20)13-7-14-3-9-17-10-4-14/h3-4,9-10,15-16H,2,5-8,11-13H2,1H3. The summed E-state index contributed by atoms with van der Waals surface area (Å²) in [7, 11) is -1.17. The Balaban J connectivity index is 1.81. The molecule has 1 saturated heterocycles. The first-order chi connectivity index (χ1) is 10.1. The number of sulfonamides is 1. The molecule has 1 aliphatic heterocycles. The number of rotatable bonds is 7. The molecule has 0 bridgehead atoms. The van der Waals surface area contributed by atoms with Crippen molar-refractivity contribution in [3.8, 4) is 0 Å². The Morgan fingerprint density at radius 3 is 2.57 bits per heavy atom. The first kappa shape index (κ1) is 16.4. The summed E-state index contributed by atoms with van der Waals surface area (Å²) in [5.74, 6) is 0.849. The van der Waals surface area contributed by atoms with Crippen molar-refractivity contribution in [3.05, 3.63) is 30.1 Å². The van der Waals surface area contributed by atoms with Crippen LogP contribution in [0.2, 0.25) is 0 Å². The Morgan fingerprint density at radius 2 is 1.95 bits per heavy atom. The summed E-state index contributed by atoms with van der Waals surface area (Å²) in [5, 5.41) is 3.16. The van der Waals surface area contributed by atoms with Crippen LogP contribution in [0.3, 0.4) is 0 Å². The molecule has 0 aromatic carbocycles. The number of nitrogens with one attached hydrogen (secondary N) is 1. The zero-order valence-corrected chi connectivity index (χ0v) is 13.5. The summed E-state index contributed by atoms with van der Waals surface area (Å²) < 4.78 is 26.4. The predicted molar refractivity (Wildman–Crippen MR) is 84.6 cm³/mol. The molecule has 0 saturated carbocycles. The van der Waals surface area contributed by atoms with Crippen LogP contribution in [0.15, 0.2) is 24.5 Å². The molecule has 0 atom stereocenters. The molecule has 2 rings (SSSR count). The van der Waals surface area contributed by atoms with E-state index in [9.17, 15) is 8.42 Å². The van der Waals surface area contributed by atoms with Gasteiger partial charge in [-0.1, -0.05) is 0 Å². The third-order valence-electron chi connectivity index (χ3n) is 4.17. The van der Waals surface area contributed by atoms with E-state index in [4.69, 9.17) is 0 Å². The van der Waals surface area contributed by atoms with E-state index in [-0.39, 0.29) is 5.75 Å². The lowest BCUT2D eigenvalue weighted by Crippen LogP contribution is -2.40. The van der Waals surface area contributed by atoms with Crippen molar-refractivity contribution in [2.75, 3.05) is 32.4 Å². The second kappa shape index (κ2) is 7.87. The van der Waals surface area contributed by atoms with E-state index >= 15 is 0 Å². The molecule has 0 amide bonds. The highest BCUT2D eigenvalue weighted by Gasteiger charge is 2.27. The van der Waals surface area contributed by atoms with Crippen LogP contribution in [-0.4, -0.2) is 50.1 Å². The molecule has 5 nitrogen and oxygen atoms in total. The van der Waals surface area contributed by atoms with E-state index in [2.05, 4.69) is 10.3 Å². The van der Waals surface area contributed by atoms with Gasteiger partial charge in [0.1, 0.15) is 0 Å². The van der Waals surface area contributed by atoms with E-state index in [1.165, 1.54) is 0 Å². The number of hydrogen-bond donors (Lipinski definition) is 1. The second-order valence-electron chi connectivity index (χ2n) is 5.66. The summed E-state index contributed by atoms with van der Waals surface area (Å²) in [6.45, 7) is 2.36. The Kier molecular flexibility index (Phi) is 6.14. The maximum atomic E-state index is 12.4. The predicted octanol–water partition coefficient (Wildman–Crippen LogP) is 1.28. The van der Waals surface area contributed by atoms with Gasteiger partial charge in [-0.25, -0.2) is 12.7 Å². The molecule has 0 unspecified atom stereocenters. The fourth-order valence-electron chi connectivity index (χ4n) is 2.75. The first-order valence-corrected chi connectivity index (χ1v) is 9.24. The van der Waals surface area contributed by atoms with Crippen LogP contribution in [0.1, 0.15) is 24.8 Å². The monoisotopic (exact) mass is 311 g/mol. The van der Waals surface area contributed by atoms with E-state index in [1.54, 1.807) is 16.7 Å². The second-order valence-corrected chi connectivity index (χ2v) is 7.74. The lowest BCUT2D eigenvalue weighted by atomic mass is 9.95. The van der Waals surface area contributed by atoms with Gasteiger partial charge in [-0.2, -0.15) is 0 Å². The van der Waals surface area contributed by atoms with Crippen molar-refractivity contribution in [3.63, 3.8) is 0 Å². The minimum absolute atomic E-state index is 0.193. The van der Waals surface area contributed by atoms with Gasteiger partial charge in [0, 0.05) is 25.5 Å². The molecule has 1 aromatic rings. The van der Waals surface area contributed by atoms with Gasteiger partial charge in [0.05, 0.1) is 5.75 Å². The molecular weight excluding hydrogens is 286 g/mol. The van der Waals surface area contributed by atoms with Crippen molar-refractivity contribution >= 4 is 10.0 Å². The van der Waals surface area contributed by atoms with Crippen molar-refractivity contribution in [2.45, 2.75) is 25.7 Å². The van der Waals surface area contributed by atoms with Crippen LogP contribution < -0.4 is 5.32 Å². The van der Waals surface area contributed by atoms with Crippen LogP contribution in [0.5, 0.6) is 0 Å². The Morgan fingerprint density at radius 1 is 1.29 bits per heavy atom. The summed E-state index contributed by atoms with van der Waals surface area (Å²) in [6, 6.07) is 3.75. The summed E-state index contributed by atoms with van der Waals surface area (Å²) in [4.78, 5) is 3.95. The van der Waals surface area contributed by atoms with Crippen LogP contribution in [0, 0.1) is 5.92 Å². The molecule has 1 fully saturated rings. The quantitative estimate of drug-likeness (QED) is 0.824. The minimum atomic E-state index is -3.13. The maximum absolute atomic E-state index is 12.4. The molecule has 0 aliphatic carbocycles. The van der Waals surface area contributed by atoms with Crippen LogP contribution in [0.25, 0.3) is 0 Å². The Hall–Kier alpha value is -0.980. The minimum Gasteiger partial charge on any atom is -0.320 e. The molecule has 6 heteroatoms. The number of aromatic nitrogens is 1. The molecule has 118 valence electrons. The van der Waals surface area contributed by atoms with Crippen LogP contribution in [0.4, 0.5) is 0 Å². The molecule has 21 heavy (non-hydrogen) atoms. The summed E-state index contributed by atoms with van der Waals surface area (Å²) >= 11 is 0. The highest BCUT2D eigenvalue weighted by Crippen LogP contribution is 2.22. The van der Waals surface area contributed by atoms with Gasteiger partial charge in [0.15, 0.2) is 0 Å². The third kappa shape index (κ3) is 5.05. The Bertz CT molecular complexity index is 511. The smallest absolute Gasteiger partial charge is 0.214 e. The number of pyridine rings is 1. The SMILES string of the molecule is CNCCC1CCN(S(=O)(=O)CCc2ccncc2)CC1. The van der Waals surface area contributed by atoms with Gasteiger partial charge in [-0.3, -0.25) is 4.98 Å². The van der Waals surface area contributed by atoms with E-state index < -0.39 is 10.0 Å². The van der Waals surface area contributed by atoms with Crippen LogP contribution in [-0.2, 0) is 16.4 Å². The molecule has 0 spiro atoms. The highest BCUT2D eigenvalue weighted by molar-refractivity contribution is 7.89. The van der Waals surface area contributed by atoms with E-state index in [0.29, 0.717) is 25.4 Å². The molecule has 1 aliphatic rings. The average Bonchev–Trinajstić information content (AvgIpc) is 2.52. The molecule has 1 aromatic heterocycles. The van der Waals surface area contributed by atoms with Gasteiger partial charge in [0.25, 0.3) is 0 Å². The van der Waals surface area contributed by atoms with Crippen molar-refractivity contribution in [1.82, 2.24) is 14.6 Å². The fourth-order valence-corrected chi connectivity index (χ4v) is 4.27. The molecule has 0 radical (unpaired) electrons. The van der Waals surface area contributed by atoms with Gasteiger partial charge in [-0.15, -0.1) is 0 Å².